The summed E-state index contributed by atoms with van der Waals surface area (Å²) in [6.45, 7) is 6.37. The van der Waals surface area contributed by atoms with E-state index >= 15 is 0 Å². The SMILES string of the molecule is CCCN1C(=O)C2CCCN2C(=O)C12CCN(CCc1ccccc1)CC2. The van der Waals surface area contributed by atoms with Crippen molar-refractivity contribution < 1.29 is 9.59 Å². The van der Waals surface area contributed by atoms with Gasteiger partial charge in [-0.2, -0.15) is 0 Å². The van der Waals surface area contributed by atoms with Crippen LogP contribution in [0.2, 0.25) is 0 Å². The molecule has 0 aliphatic carbocycles. The van der Waals surface area contributed by atoms with E-state index in [9.17, 15) is 9.59 Å². The molecule has 2 amide bonds. The van der Waals surface area contributed by atoms with Crippen LogP contribution in [0.5, 0.6) is 0 Å². The van der Waals surface area contributed by atoms with Gasteiger partial charge in [0.15, 0.2) is 0 Å². The maximum Gasteiger partial charge on any atom is 0.249 e. The first-order valence-electron chi connectivity index (χ1n) is 10.5. The third-order valence-electron chi connectivity index (χ3n) is 6.67. The summed E-state index contributed by atoms with van der Waals surface area (Å²) < 4.78 is 0. The van der Waals surface area contributed by atoms with Crippen molar-refractivity contribution in [3.63, 3.8) is 0 Å². The number of fused-ring (bicyclic) bond motifs is 1. The van der Waals surface area contributed by atoms with E-state index in [0.717, 1.165) is 64.7 Å². The molecule has 146 valence electrons. The first-order valence-corrected chi connectivity index (χ1v) is 10.5. The molecular formula is C22H31N3O2. The molecule has 5 heteroatoms. The Hall–Kier alpha value is -1.88. The number of benzene rings is 1. The number of hydrogen-bond acceptors (Lipinski definition) is 3. The molecule has 3 heterocycles. The van der Waals surface area contributed by atoms with Gasteiger partial charge >= 0.3 is 0 Å². The van der Waals surface area contributed by atoms with E-state index in [2.05, 4.69) is 36.1 Å². The van der Waals surface area contributed by atoms with Crippen molar-refractivity contribution in [3.8, 4) is 0 Å². The maximum atomic E-state index is 13.4. The van der Waals surface area contributed by atoms with Crippen LogP contribution >= 0.6 is 0 Å². The summed E-state index contributed by atoms with van der Waals surface area (Å²) in [6, 6.07) is 10.4. The highest BCUT2D eigenvalue weighted by Gasteiger charge is 2.57. The lowest BCUT2D eigenvalue weighted by atomic mass is 9.81. The molecule has 3 saturated heterocycles. The molecule has 1 spiro atoms. The number of nitrogens with zero attached hydrogens (tertiary/aromatic N) is 3. The summed E-state index contributed by atoms with van der Waals surface area (Å²) in [4.78, 5) is 32.9. The van der Waals surface area contributed by atoms with Crippen LogP contribution in [0, 0.1) is 0 Å². The largest absolute Gasteiger partial charge is 0.329 e. The third-order valence-corrected chi connectivity index (χ3v) is 6.67. The zero-order valence-corrected chi connectivity index (χ0v) is 16.4. The number of carbonyl (C=O) groups excluding carboxylic acids is 2. The zero-order valence-electron chi connectivity index (χ0n) is 16.4. The third kappa shape index (κ3) is 3.27. The number of amides is 2. The van der Waals surface area contributed by atoms with Gasteiger partial charge in [0.25, 0.3) is 0 Å². The van der Waals surface area contributed by atoms with Crippen LogP contribution in [0.1, 0.15) is 44.6 Å². The van der Waals surface area contributed by atoms with Gasteiger partial charge in [0.1, 0.15) is 11.6 Å². The molecule has 3 fully saturated rings. The van der Waals surface area contributed by atoms with Gasteiger partial charge in [0.05, 0.1) is 0 Å². The Bertz CT molecular complexity index is 682. The highest BCUT2D eigenvalue weighted by molar-refractivity contribution is 6.00. The second-order valence-electron chi connectivity index (χ2n) is 8.26. The number of carbonyl (C=O) groups is 2. The molecule has 3 aliphatic rings. The molecule has 1 aromatic carbocycles. The van der Waals surface area contributed by atoms with E-state index < -0.39 is 5.54 Å². The standard InChI is InChI=1S/C22H31N3O2/c1-2-13-25-20(26)19-9-6-14-24(19)21(27)22(25)11-16-23(17-12-22)15-10-18-7-4-3-5-8-18/h3-5,7-8,19H,2,6,9-17H2,1H3. The van der Waals surface area contributed by atoms with E-state index in [1.807, 2.05) is 15.9 Å². The van der Waals surface area contributed by atoms with Gasteiger partial charge in [0.2, 0.25) is 11.8 Å². The zero-order chi connectivity index (χ0) is 18.9. The van der Waals surface area contributed by atoms with E-state index in [0.29, 0.717) is 6.54 Å². The smallest absolute Gasteiger partial charge is 0.249 e. The summed E-state index contributed by atoms with van der Waals surface area (Å²) in [5, 5.41) is 0. The Labute approximate surface area is 162 Å². The predicted octanol–water partition coefficient (Wildman–Crippen LogP) is 2.31. The Balaban J connectivity index is 1.45. The van der Waals surface area contributed by atoms with Gasteiger partial charge in [-0.1, -0.05) is 37.3 Å². The Morgan fingerprint density at radius 1 is 1.04 bits per heavy atom. The monoisotopic (exact) mass is 369 g/mol. The van der Waals surface area contributed by atoms with Gasteiger partial charge in [-0.3, -0.25) is 9.59 Å². The second kappa shape index (κ2) is 7.63. The van der Waals surface area contributed by atoms with Crippen LogP contribution in [-0.4, -0.2) is 70.8 Å². The van der Waals surface area contributed by atoms with Crippen molar-refractivity contribution in [1.29, 1.82) is 0 Å². The molecule has 0 bridgehead atoms. The topological polar surface area (TPSA) is 43.9 Å². The fourth-order valence-corrected chi connectivity index (χ4v) is 5.15. The Morgan fingerprint density at radius 3 is 2.48 bits per heavy atom. The Kier molecular flexibility index (Phi) is 5.22. The molecule has 3 aliphatic heterocycles. The van der Waals surface area contributed by atoms with Crippen molar-refractivity contribution in [1.82, 2.24) is 14.7 Å². The molecule has 1 aromatic rings. The van der Waals surface area contributed by atoms with Crippen molar-refractivity contribution in [2.75, 3.05) is 32.7 Å². The highest BCUT2D eigenvalue weighted by Crippen LogP contribution is 2.39. The van der Waals surface area contributed by atoms with E-state index in [1.165, 1.54) is 5.56 Å². The average molecular weight is 370 g/mol. The van der Waals surface area contributed by atoms with Crippen LogP contribution in [-0.2, 0) is 16.0 Å². The number of rotatable bonds is 5. The minimum absolute atomic E-state index is 0.189. The molecule has 27 heavy (non-hydrogen) atoms. The van der Waals surface area contributed by atoms with Crippen molar-refractivity contribution in [2.24, 2.45) is 0 Å². The minimum Gasteiger partial charge on any atom is -0.329 e. The van der Waals surface area contributed by atoms with Crippen molar-refractivity contribution in [3.05, 3.63) is 35.9 Å². The first kappa shape index (κ1) is 18.5. The van der Waals surface area contributed by atoms with Crippen LogP contribution in [0.3, 0.4) is 0 Å². The van der Waals surface area contributed by atoms with Crippen LogP contribution in [0.4, 0.5) is 0 Å². The van der Waals surface area contributed by atoms with Gasteiger partial charge in [0, 0.05) is 32.7 Å². The lowest BCUT2D eigenvalue weighted by molar-refractivity contribution is -0.172. The summed E-state index contributed by atoms with van der Waals surface area (Å²) in [5.41, 5.74) is 0.770. The normalized spacial score (nSPS) is 25.3. The summed E-state index contributed by atoms with van der Waals surface area (Å²) in [5.74, 6) is 0.424. The van der Waals surface area contributed by atoms with Crippen LogP contribution < -0.4 is 0 Å². The van der Waals surface area contributed by atoms with Gasteiger partial charge in [-0.15, -0.1) is 0 Å². The van der Waals surface area contributed by atoms with Gasteiger partial charge < -0.3 is 14.7 Å². The van der Waals surface area contributed by atoms with Crippen LogP contribution in [0.25, 0.3) is 0 Å². The lowest BCUT2D eigenvalue weighted by Gasteiger charge is -2.53. The molecule has 1 unspecified atom stereocenters. The van der Waals surface area contributed by atoms with Crippen molar-refractivity contribution in [2.45, 2.75) is 57.0 Å². The van der Waals surface area contributed by atoms with E-state index in [-0.39, 0.29) is 17.9 Å². The number of likely N-dealkylation sites (tertiary alicyclic amines) is 1. The molecule has 0 aromatic heterocycles. The molecular weight excluding hydrogens is 338 g/mol. The average Bonchev–Trinajstić information content (AvgIpc) is 3.20. The molecule has 0 saturated carbocycles. The lowest BCUT2D eigenvalue weighted by Crippen LogP contribution is -2.72. The molecule has 0 N–H and O–H groups in total. The predicted molar refractivity (Wildman–Crippen MR) is 105 cm³/mol. The van der Waals surface area contributed by atoms with Gasteiger partial charge in [-0.25, -0.2) is 0 Å². The fourth-order valence-electron chi connectivity index (χ4n) is 5.15. The number of piperazine rings is 1. The quantitative estimate of drug-likeness (QED) is 0.800. The summed E-state index contributed by atoms with van der Waals surface area (Å²) in [7, 11) is 0. The molecule has 5 nitrogen and oxygen atoms in total. The first-order chi connectivity index (χ1) is 13.2. The number of hydrogen-bond donors (Lipinski definition) is 0. The minimum atomic E-state index is -0.586. The Morgan fingerprint density at radius 2 is 1.78 bits per heavy atom. The molecule has 4 rings (SSSR count). The van der Waals surface area contributed by atoms with Crippen LogP contribution in [0.15, 0.2) is 30.3 Å². The fraction of sp³-hybridized carbons (Fsp3) is 0.636. The van der Waals surface area contributed by atoms with E-state index in [1.54, 1.807) is 0 Å². The summed E-state index contributed by atoms with van der Waals surface area (Å²) in [6.07, 6.45) is 5.29. The molecule has 1 atom stereocenters. The molecule has 0 radical (unpaired) electrons. The van der Waals surface area contributed by atoms with Gasteiger partial charge in [-0.05, 0) is 44.1 Å². The van der Waals surface area contributed by atoms with Crippen molar-refractivity contribution >= 4 is 11.8 Å². The summed E-state index contributed by atoms with van der Waals surface area (Å²) >= 11 is 0. The highest BCUT2D eigenvalue weighted by atomic mass is 16.2. The van der Waals surface area contributed by atoms with E-state index in [4.69, 9.17) is 0 Å². The maximum absolute atomic E-state index is 13.4. The second-order valence-corrected chi connectivity index (χ2v) is 8.26. The number of piperidine rings is 1.